The van der Waals surface area contributed by atoms with E-state index in [1.807, 2.05) is 0 Å². The Morgan fingerprint density at radius 1 is 1.33 bits per heavy atom. The van der Waals surface area contributed by atoms with Crippen LogP contribution in [0.25, 0.3) is 0 Å². The number of hydrogen-bond donors (Lipinski definition) is 2. The number of aromatic nitrogens is 4. The van der Waals surface area contributed by atoms with Gasteiger partial charge >= 0.3 is 0 Å². The van der Waals surface area contributed by atoms with E-state index in [0.717, 1.165) is 0 Å². The molecular formula is C10H12N6O3S2. The van der Waals surface area contributed by atoms with Crippen molar-refractivity contribution < 1.29 is 14.3 Å². The fourth-order valence-corrected chi connectivity index (χ4v) is 2.67. The maximum atomic E-state index is 11.8. The lowest BCUT2D eigenvalue weighted by Gasteiger charge is -2.07. The minimum atomic E-state index is -0.288. The van der Waals surface area contributed by atoms with Gasteiger partial charge in [-0.15, -0.1) is 10.2 Å². The molecule has 9 nitrogen and oxygen atoms in total. The Labute approximate surface area is 128 Å². The zero-order chi connectivity index (χ0) is 15.2. The summed E-state index contributed by atoms with van der Waals surface area (Å²) < 4.78 is 10.6. The number of rotatable bonds is 6. The summed E-state index contributed by atoms with van der Waals surface area (Å²) >= 11 is 2.44. The Morgan fingerprint density at radius 2 is 2.00 bits per heavy atom. The van der Waals surface area contributed by atoms with E-state index in [1.54, 1.807) is 0 Å². The Hall–Kier alpha value is -2.14. The highest BCUT2D eigenvalue weighted by molar-refractivity contribution is 8.01. The van der Waals surface area contributed by atoms with Gasteiger partial charge in [-0.2, -0.15) is 9.97 Å². The average Bonchev–Trinajstić information content (AvgIpc) is 2.90. The number of thioether (sulfide) groups is 1. The first-order valence-corrected chi connectivity index (χ1v) is 7.39. The van der Waals surface area contributed by atoms with Crippen molar-refractivity contribution in [3.05, 3.63) is 6.07 Å². The van der Waals surface area contributed by atoms with E-state index in [4.69, 9.17) is 15.2 Å². The predicted octanol–water partition coefficient (Wildman–Crippen LogP) is 0.658. The fraction of sp³-hybridized carbons (Fsp3) is 0.300. The van der Waals surface area contributed by atoms with E-state index in [2.05, 4.69) is 25.5 Å². The summed E-state index contributed by atoms with van der Waals surface area (Å²) in [5.41, 5.74) is 5.46. The fourth-order valence-electron chi connectivity index (χ4n) is 1.24. The monoisotopic (exact) mass is 328 g/mol. The molecule has 0 aliphatic carbocycles. The number of anilines is 2. The van der Waals surface area contributed by atoms with Crippen LogP contribution in [-0.2, 0) is 4.79 Å². The normalized spacial score (nSPS) is 10.2. The molecule has 1 amide bonds. The van der Waals surface area contributed by atoms with Gasteiger partial charge in [0, 0.05) is 0 Å². The van der Waals surface area contributed by atoms with Gasteiger partial charge < -0.3 is 15.2 Å². The number of amides is 1. The van der Waals surface area contributed by atoms with E-state index in [0.29, 0.717) is 21.2 Å². The quantitative estimate of drug-likeness (QED) is 0.735. The number of carbonyl (C=O) groups excluding carboxylic acids is 1. The smallest absolute Gasteiger partial charge is 0.237 e. The maximum Gasteiger partial charge on any atom is 0.237 e. The van der Waals surface area contributed by atoms with Crippen molar-refractivity contribution in [2.45, 2.75) is 4.34 Å². The van der Waals surface area contributed by atoms with Crippen LogP contribution in [0, 0.1) is 0 Å². The number of nitrogens with zero attached hydrogens (tertiary/aromatic N) is 4. The Kier molecular flexibility index (Phi) is 5.11. The lowest BCUT2D eigenvalue weighted by Crippen LogP contribution is -2.16. The van der Waals surface area contributed by atoms with Crippen LogP contribution >= 0.6 is 23.1 Å². The van der Waals surface area contributed by atoms with Gasteiger partial charge in [-0.25, -0.2) is 0 Å². The molecule has 0 saturated carbocycles. The zero-order valence-corrected chi connectivity index (χ0v) is 12.8. The maximum absolute atomic E-state index is 11.8. The van der Waals surface area contributed by atoms with Crippen molar-refractivity contribution in [2.24, 2.45) is 0 Å². The highest BCUT2D eigenvalue weighted by Gasteiger charge is 2.11. The lowest BCUT2D eigenvalue weighted by molar-refractivity contribution is -0.113. The molecule has 0 radical (unpaired) electrons. The molecule has 112 valence electrons. The van der Waals surface area contributed by atoms with Crippen LogP contribution in [0.2, 0.25) is 0 Å². The molecule has 0 aliphatic rings. The van der Waals surface area contributed by atoms with E-state index in [-0.39, 0.29) is 17.6 Å². The standard InChI is InChI=1S/C10H12N6O3S2/c1-18-6-3-7(19-2)14-9(13-6)12-5(17)4-20-10-16-15-8(11)21-10/h3H,4H2,1-2H3,(H2,11,15)(H,12,13,14,17). The molecule has 0 bridgehead atoms. The molecular weight excluding hydrogens is 316 g/mol. The van der Waals surface area contributed by atoms with Gasteiger partial charge in [-0.3, -0.25) is 10.1 Å². The Morgan fingerprint density at radius 3 is 2.52 bits per heavy atom. The molecule has 21 heavy (non-hydrogen) atoms. The summed E-state index contributed by atoms with van der Waals surface area (Å²) in [4.78, 5) is 19.8. The predicted molar refractivity (Wildman–Crippen MR) is 78.8 cm³/mol. The summed E-state index contributed by atoms with van der Waals surface area (Å²) in [6, 6.07) is 1.51. The molecule has 0 atom stereocenters. The van der Waals surface area contributed by atoms with Gasteiger partial charge in [-0.05, 0) is 0 Å². The summed E-state index contributed by atoms with van der Waals surface area (Å²) in [5, 5.41) is 10.4. The second-order valence-corrected chi connectivity index (χ2v) is 5.75. The molecule has 2 aromatic heterocycles. The van der Waals surface area contributed by atoms with Gasteiger partial charge in [0.2, 0.25) is 28.7 Å². The van der Waals surface area contributed by atoms with Crippen LogP contribution in [0.4, 0.5) is 11.1 Å². The van der Waals surface area contributed by atoms with Crippen molar-refractivity contribution in [1.29, 1.82) is 0 Å². The van der Waals surface area contributed by atoms with Crippen molar-refractivity contribution in [2.75, 3.05) is 31.0 Å². The summed E-state index contributed by atoms with van der Waals surface area (Å²) in [6.07, 6.45) is 0. The van der Waals surface area contributed by atoms with Crippen LogP contribution in [0.1, 0.15) is 0 Å². The molecule has 0 fully saturated rings. The van der Waals surface area contributed by atoms with Gasteiger partial charge in [0.25, 0.3) is 0 Å². The topological polar surface area (TPSA) is 125 Å². The third kappa shape index (κ3) is 4.43. The molecule has 0 spiro atoms. The third-order valence-corrected chi connectivity index (χ3v) is 3.98. The van der Waals surface area contributed by atoms with Crippen molar-refractivity contribution in [1.82, 2.24) is 20.2 Å². The van der Waals surface area contributed by atoms with E-state index in [9.17, 15) is 4.79 Å². The van der Waals surface area contributed by atoms with Crippen LogP contribution < -0.4 is 20.5 Å². The first-order chi connectivity index (χ1) is 10.1. The van der Waals surface area contributed by atoms with E-state index in [1.165, 1.54) is 43.4 Å². The van der Waals surface area contributed by atoms with Gasteiger partial charge in [0.05, 0.1) is 26.0 Å². The van der Waals surface area contributed by atoms with Gasteiger partial charge in [0.1, 0.15) is 0 Å². The van der Waals surface area contributed by atoms with Gasteiger partial charge in [-0.1, -0.05) is 23.1 Å². The Balaban J connectivity index is 1.95. The van der Waals surface area contributed by atoms with Crippen LogP contribution in [0.15, 0.2) is 10.4 Å². The number of nitrogens with two attached hydrogens (primary N) is 1. The second-order valence-electron chi connectivity index (χ2n) is 3.52. The van der Waals surface area contributed by atoms with Crippen molar-refractivity contribution >= 4 is 40.1 Å². The zero-order valence-electron chi connectivity index (χ0n) is 11.2. The summed E-state index contributed by atoms with van der Waals surface area (Å²) in [5.74, 6) is 0.540. The molecule has 3 N–H and O–H groups in total. The van der Waals surface area contributed by atoms with Crippen LogP contribution in [-0.4, -0.2) is 46.0 Å². The molecule has 2 rings (SSSR count). The lowest BCUT2D eigenvalue weighted by atomic mass is 10.6. The first-order valence-electron chi connectivity index (χ1n) is 5.59. The number of nitrogens with one attached hydrogen (secondary N) is 1. The molecule has 0 saturated heterocycles. The van der Waals surface area contributed by atoms with E-state index < -0.39 is 0 Å². The minimum Gasteiger partial charge on any atom is -0.481 e. The first kappa shape index (κ1) is 15.3. The number of carbonyl (C=O) groups is 1. The minimum absolute atomic E-state index is 0.105. The van der Waals surface area contributed by atoms with Crippen molar-refractivity contribution in [3.8, 4) is 11.8 Å². The Bertz CT molecular complexity index is 613. The third-order valence-electron chi connectivity index (χ3n) is 2.10. The number of methoxy groups -OCH3 is 2. The summed E-state index contributed by atoms with van der Waals surface area (Å²) in [6.45, 7) is 0. The van der Waals surface area contributed by atoms with Crippen LogP contribution in [0.3, 0.4) is 0 Å². The van der Waals surface area contributed by atoms with E-state index >= 15 is 0 Å². The molecule has 2 aromatic rings. The highest BCUT2D eigenvalue weighted by Crippen LogP contribution is 2.23. The van der Waals surface area contributed by atoms with Gasteiger partial charge in [0.15, 0.2) is 4.34 Å². The molecule has 0 aromatic carbocycles. The molecule has 11 heteroatoms. The van der Waals surface area contributed by atoms with Crippen LogP contribution in [0.5, 0.6) is 11.8 Å². The largest absolute Gasteiger partial charge is 0.481 e. The highest BCUT2D eigenvalue weighted by atomic mass is 32.2. The van der Waals surface area contributed by atoms with Crippen molar-refractivity contribution in [3.63, 3.8) is 0 Å². The molecule has 2 heterocycles. The molecule has 0 unspecified atom stereocenters. The average molecular weight is 328 g/mol. The molecule has 0 aliphatic heterocycles. The number of ether oxygens (including phenoxy) is 2. The number of hydrogen-bond acceptors (Lipinski definition) is 10. The second kappa shape index (κ2) is 7.04. The SMILES string of the molecule is COc1cc(OC)nc(NC(=O)CSc2nnc(N)s2)n1. The number of nitrogen functional groups attached to an aromatic ring is 1. The summed E-state index contributed by atoms with van der Waals surface area (Å²) in [7, 11) is 2.92.